The highest BCUT2D eigenvalue weighted by Crippen LogP contribution is 2.38. The smallest absolute Gasteiger partial charge is 0.414 e. The Labute approximate surface area is 180 Å². The number of benzene rings is 1. The molecular formula is C25H24N2O4. The summed E-state index contributed by atoms with van der Waals surface area (Å²) in [7, 11) is 0. The minimum Gasteiger partial charge on any atom is -0.473 e. The second-order valence-corrected chi connectivity index (χ2v) is 7.76. The number of aromatic nitrogens is 1. The predicted octanol–water partition coefficient (Wildman–Crippen LogP) is 4.44. The van der Waals surface area contributed by atoms with E-state index in [9.17, 15) is 0 Å². The van der Waals surface area contributed by atoms with Gasteiger partial charge in [-0.1, -0.05) is 42.5 Å². The normalized spacial score (nSPS) is 18.2. The minimum atomic E-state index is -1.82. The Morgan fingerprint density at radius 3 is 2.61 bits per heavy atom. The molecule has 0 spiro atoms. The lowest BCUT2D eigenvalue weighted by Crippen LogP contribution is -2.12. The first-order valence-corrected chi connectivity index (χ1v) is 10.4. The summed E-state index contributed by atoms with van der Waals surface area (Å²) >= 11 is 0. The van der Waals surface area contributed by atoms with Crippen LogP contribution in [0.2, 0.25) is 0 Å². The molecule has 158 valence electrons. The van der Waals surface area contributed by atoms with Crippen molar-refractivity contribution in [1.29, 1.82) is 0 Å². The van der Waals surface area contributed by atoms with Crippen molar-refractivity contribution in [2.24, 2.45) is 10.9 Å². The molecule has 1 aromatic heterocycles. The third-order valence-electron chi connectivity index (χ3n) is 5.78. The van der Waals surface area contributed by atoms with E-state index < -0.39 is 11.9 Å². The number of aliphatic imine (C=N–C) groups is 1. The van der Waals surface area contributed by atoms with E-state index in [1.807, 2.05) is 0 Å². The van der Waals surface area contributed by atoms with Crippen LogP contribution >= 0.6 is 0 Å². The molecule has 1 atom stereocenters. The third-order valence-corrected chi connectivity index (χ3v) is 5.78. The van der Waals surface area contributed by atoms with Crippen LogP contribution in [0.5, 0.6) is 0 Å². The van der Waals surface area contributed by atoms with Crippen molar-refractivity contribution < 1.29 is 19.8 Å². The standard InChI is InChI=1S/C23H22N2.C2H2O4/c1-2-6-17(7-3-1)12-13-18-8-5-11-21-22(18)24-16-20-10-4-9-19-14-15-25(21)23(19)20;3-1(4)2(5)6/h1-3,5-7,10-11,14-16,18H,4,8-9,12-13H2;(H,3,4)(H,5,6). The number of allylic oxidation sites excluding steroid dienone is 6. The largest absolute Gasteiger partial charge is 0.473 e. The molecule has 6 nitrogen and oxygen atoms in total. The maximum atomic E-state index is 9.10. The Hall–Kier alpha value is -3.67. The van der Waals surface area contributed by atoms with E-state index in [1.54, 1.807) is 0 Å². The second kappa shape index (κ2) is 9.00. The number of nitrogens with zero attached hydrogens (tertiary/aromatic N) is 2. The molecule has 6 heteroatoms. The Balaban J connectivity index is 0.000000342. The zero-order valence-electron chi connectivity index (χ0n) is 17.1. The van der Waals surface area contributed by atoms with Crippen LogP contribution in [-0.4, -0.2) is 32.9 Å². The molecule has 3 aliphatic rings. The number of aryl methyl sites for hydroxylation is 2. The average Bonchev–Trinajstić information content (AvgIpc) is 3.14. The van der Waals surface area contributed by atoms with Gasteiger partial charge >= 0.3 is 11.9 Å². The molecule has 0 fully saturated rings. The number of hydrogen-bond acceptors (Lipinski definition) is 3. The fraction of sp³-hybridized carbons (Fsp3) is 0.240. The van der Waals surface area contributed by atoms with Crippen molar-refractivity contribution in [3.05, 3.63) is 83.3 Å². The Morgan fingerprint density at radius 1 is 1.10 bits per heavy atom. The fourth-order valence-corrected chi connectivity index (χ4v) is 4.30. The number of fused-ring (bicyclic) bond motifs is 1. The molecule has 1 aromatic carbocycles. The van der Waals surface area contributed by atoms with Crippen molar-refractivity contribution in [3.63, 3.8) is 0 Å². The summed E-state index contributed by atoms with van der Waals surface area (Å²) < 4.78 is 2.37. The Morgan fingerprint density at radius 2 is 1.87 bits per heavy atom. The van der Waals surface area contributed by atoms with E-state index in [2.05, 4.69) is 71.6 Å². The summed E-state index contributed by atoms with van der Waals surface area (Å²) in [5.41, 5.74) is 8.04. The number of carbonyl (C=O) groups is 2. The number of aliphatic carboxylic acids is 2. The van der Waals surface area contributed by atoms with Gasteiger partial charge < -0.3 is 14.8 Å². The van der Waals surface area contributed by atoms with E-state index in [-0.39, 0.29) is 0 Å². The Kier molecular flexibility index (Phi) is 5.98. The van der Waals surface area contributed by atoms with Crippen LogP contribution in [0.25, 0.3) is 11.3 Å². The van der Waals surface area contributed by atoms with E-state index in [0.717, 1.165) is 32.1 Å². The van der Waals surface area contributed by atoms with Crippen LogP contribution in [0.4, 0.5) is 0 Å². The molecule has 0 radical (unpaired) electrons. The maximum absolute atomic E-state index is 9.10. The number of carboxylic acids is 2. The molecule has 1 unspecified atom stereocenters. The van der Waals surface area contributed by atoms with Crippen molar-refractivity contribution in [2.45, 2.75) is 32.1 Å². The molecule has 2 N–H and O–H groups in total. The summed E-state index contributed by atoms with van der Waals surface area (Å²) in [4.78, 5) is 23.2. The molecule has 0 saturated carbocycles. The first-order valence-electron chi connectivity index (χ1n) is 10.4. The molecule has 0 amide bonds. The third kappa shape index (κ3) is 4.43. The average molecular weight is 416 g/mol. The van der Waals surface area contributed by atoms with Crippen molar-refractivity contribution in [1.82, 2.24) is 4.57 Å². The molecule has 2 aliphatic carbocycles. The summed E-state index contributed by atoms with van der Waals surface area (Å²) in [6.07, 6.45) is 16.9. The van der Waals surface area contributed by atoms with Gasteiger partial charge in [-0.05, 0) is 55.4 Å². The monoisotopic (exact) mass is 416 g/mol. The van der Waals surface area contributed by atoms with Gasteiger partial charge in [-0.3, -0.25) is 4.99 Å². The topological polar surface area (TPSA) is 91.9 Å². The van der Waals surface area contributed by atoms with E-state index in [4.69, 9.17) is 24.8 Å². The first-order chi connectivity index (χ1) is 15.0. The highest BCUT2D eigenvalue weighted by atomic mass is 16.4. The Bertz CT molecular complexity index is 1110. The first kappa shape index (κ1) is 20.6. The number of rotatable bonds is 3. The number of hydrogen-bond donors (Lipinski definition) is 2. The summed E-state index contributed by atoms with van der Waals surface area (Å²) in [6, 6.07) is 13.1. The second-order valence-electron chi connectivity index (χ2n) is 7.76. The molecule has 2 heterocycles. The number of carboxylic acid groups (broad SMARTS) is 2. The lowest BCUT2D eigenvalue weighted by Gasteiger charge is -2.23. The van der Waals surface area contributed by atoms with Crippen LogP contribution in [0.3, 0.4) is 0 Å². The van der Waals surface area contributed by atoms with Crippen molar-refractivity contribution in [3.8, 4) is 0 Å². The zero-order chi connectivity index (χ0) is 21.8. The molecule has 2 aromatic rings. The quantitative estimate of drug-likeness (QED) is 0.724. The molecular weight excluding hydrogens is 392 g/mol. The minimum absolute atomic E-state index is 0.496. The van der Waals surface area contributed by atoms with Gasteiger partial charge in [0.15, 0.2) is 0 Å². The fourth-order valence-electron chi connectivity index (χ4n) is 4.30. The summed E-state index contributed by atoms with van der Waals surface area (Å²) in [6.45, 7) is 0. The lowest BCUT2D eigenvalue weighted by molar-refractivity contribution is -0.159. The van der Waals surface area contributed by atoms with Gasteiger partial charge in [0.2, 0.25) is 0 Å². The van der Waals surface area contributed by atoms with Crippen LogP contribution in [-0.2, 0) is 22.4 Å². The molecule has 31 heavy (non-hydrogen) atoms. The highest BCUT2D eigenvalue weighted by molar-refractivity contribution is 6.27. The van der Waals surface area contributed by atoms with Crippen LogP contribution in [0, 0.1) is 5.92 Å². The van der Waals surface area contributed by atoms with Gasteiger partial charge in [-0.15, -0.1) is 0 Å². The van der Waals surface area contributed by atoms with Crippen LogP contribution < -0.4 is 0 Å². The SMILES string of the molecule is C1=CC2=C(N=CC3=CCCc4ccn2c43)C(CCc2ccccc2)C1.O=C(O)C(=O)O. The van der Waals surface area contributed by atoms with Crippen molar-refractivity contribution >= 4 is 29.4 Å². The molecule has 0 bridgehead atoms. The zero-order valence-corrected chi connectivity index (χ0v) is 17.1. The van der Waals surface area contributed by atoms with E-state index in [0.29, 0.717) is 5.92 Å². The molecule has 1 aliphatic heterocycles. The van der Waals surface area contributed by atoms with Gasteiger partial charge in [-0.2, -0.15) is 0 Å². The van der Waals surface area contributed by atoms with Gasteiger partial charge in [0, 0.05) is 23.9 Å². The van der Waals surface area contributed by atoms with Gasteiger partial charge in [0.1, 0.15) is 0 Å². The van der Waals surface area contributed by atoms with Gasteiger partial charge in [0.05, 0.1) is 17.1 Å². The molecule has 5 rings (SSSR count). The van der Waals surface area contributed by atoms with E-state index >= 15 is 0 Å². The summed E-state index contributed by atoms with van der Waals surface area (Å²) in [5, 5.41) is 14.8. The lowest BCUT2D eigenvalue weighted by atomic mass is 9.89. The van der Waals surface area contributed by atoms with E-state index in [1.165, 1.54) is 33.8 Å². The molecule has 0 saturated heterocycles. The van der Waals surface area contributed by atoms with Crippen LogP contribution in [0.15, 0.2) is 71.5 Å². The van der Waals surface area contributed by atoms with Crippen LogP contribution in [0.1, 0.15) is 36.1 Å². The van der Waals surface area contributed by atoms with Gasteiger partial charge in [-0.25, -0.2) is 9.59 Å². The van der Waals surface area contributed by atoms with Gasteiger partial charge in [0.25, 0.3) is 0 Å². The van der Waals surface area contributed by atoms with Crippen molar-refractivity contribution in [2.75, 3.05) is 0 Å². The predicted molar refractivity (Wildman–Crippen MR) is 120 cm³/mol. The maximum Gasteiger partial charge on any atom is 0.414 e. The highest BCUT2D eigenvalue weighted by Gasteiger charge is 2.26. The summed E-state index contributed by atoms with van der Waals surface area (Å²) in [5.74, 6) is -3.15.